The van der Waals surface area contributed by atoms with E-state index in [1.54, 1.807) is 12.1 Å². The lowest BCUT2D eigenvalue weighted by Gasteiger charge is -2.29. The van der Waals surface area contributed by atoms with Crippen LogP contribution in [-0.2, 0) is 47.1 Å². The first-order valence-electron chi connectivity index (χ1n) is 12.1. The topological polar surface area (TPSA) is 135 Å². The van der Waals surface area contributed by atoms with Crippen LogP contribution in [0, 0.1) is 0 Å². The normalized spacial score (nSPS) is 26.6. The molecule has 4 aliphatic rings. The molecule has 0 spiro atoms. The second kappa shape index (κ2) is 8.67. The summed E-state index contributed by atoms with van der Waals surface area (Å²) in [6, 6.07) is 7.87. The van der Waals surface area contributed by atoms with Gasteiger partial charge in [-0.15, -0.1) is 5.06 Å². The minimum absolute atomic E-state index is 0.00424. The predicted octanol–water partition coefficient (Wildman–Crippen LogP) is 2.05. The van der Waals surface area contributed by atoms with Crippen LogP contribution in [-0.4, -0.2) is 74.2 Å². The van der Waals surface area contributed by atoms with E-state index in [-0.39, 0.29) is 48.3 Å². The number of hydrazone groups is 1. The molecule has 0 N–H and O–H groups in total. The van der Waals surface area contributed by atoms with Gasteiger partial charge in [0.25, 0.3) is 17.6 Å². The number of halogens is 3. The second-order valence-electron chi connectivity index (χ2n) is 9.55. The standard InChI is InChI=1S/C25H20F3N3O8S/c1-30-22(34)24(37-10-11-38-31-20(32)14-5-2-3-6-15(14)21(31)33)23(39-24,13-29-30)17-8-9-18(25(26,27)28)19-16(17)7-4-12-40(19,35)36/h2-3,5-6,8-9,13H,4,7,10-12H2,1H3. The fraction of sp³-hybridized carbons (Fsp3) is 0.360. The zero-order chi connectivity index (χ0) is 28.7. The summed E-state index contributed by atoms with van der Waals surface area (Å²) in [5, 5.41) is 5.46. The van der Waals surface area contributed by atoms with E-state index >= 15 is 0 Å². The summed E-state index contributed by atoms with van der Waals surface area (Å²) in [5.41, 5.74) is -2.85. The molecule has 2 aromatic rings. The number of imide groups is 1. The average Bonchev–Trinajstić information content (AvgIpc) is 3.53. The molecule has 15 heteroatoms. The van der Waals surface area contributed by atoms with E-state index in [4.69, 9.17) is 14.3 Å². The molecule has 1 saturated heterocycles. The maximum atomic E-state index is 13.8. The van der Waals surface area contributed by atoms with Crippen LogP contribution < -0.4 is 0 Å². The van der Waals surface area contributed by atoms with Gasteiger partial charge in [0.2, 0.25) is 0 Å². The molecular formula is C25H20F3N3O8S. The van der Waals surface area contributed by atoms with Gasteiger partial charge < -0.3 is 9.47 Å². The van der Waals surface area contributed by atoms with Crippen molar-refractivity contribution in [2.75, 3.05) is 26.0 Å². The van der Waals surface area contributed by atoms with E-state index < -0.39 is 61.3 Å². The third kappa shape index (κ3) is 3.64. The maximum Gasteiger partial charge on any atom is 0.417 e. The van der Waals surface area contributed by atoms with Crippen LogP contribution in [0.4, 0.5) is 13.2 Å². The Bertz CT molecular complexity index is 1590. The molecule has 0 aliphatic carbocycles. The number of fused-ring (bicyclic) bond motifs is 3. The van der Waals surface area contributed by atoms with E-state index in [1.165, 1.54) is 25.4 Å². The summed E-state index contributed by atoms with van der Waals surface area (Å²) >= 11 is 0. The van der Waals surface area contributed by atoms with Crippen molar-refractivity contribution in [2.24, 2.45) is 5.10 Å². The molecule has 1 fully saturated rings. The Balaban J connectivity index is 1.29. The highest BCUT2D eigenvalue weighted by atomic mass is 32.2. The highest BCUT2D eigenvalue weighted by molar-refractivity contribution is 7.91. The first-order valence-corrected chi connectivity index (χ1v) is 13.7. The molecule has 4 heterocycles. The van der Waals surface area contributed by atoms with Crippen molar-refractivity contribution in [3.63, 3.8) is 0 Å². The number of alkyl halides is 3. The number of amides is 3. The van der Waals surface area contributed by atoms with Gasteiger partial charge in [-0.2, -0.15) is 18.3 Å². The largest absolute Gasteiger partial charge is 0.417 e. The number of rotatable bonds is 6. The summed E-state index contributed by atoms with van der Waals surface area (Å²) < 4.78 is 78.6. The highest BCUT2D eigenvalue weighted by Gasteiger charge is 2.80. The van der Waals surface area contributed by atoms with Gasteiger partial charge in [-0.1, -0.05) is 18.2 Å². The van der Waals surface area contributed by atoms with Gasteiger partial charge in [-0.3, -0.25) is 19.2 Å². The quantitative estimate of drug-likeness (QED) is 0.288. The lowest BCUT2D eigenvalue weighted by atomic mass is 9.86. The number of nitrogens with zero attached hydrogens (tertiary/aromatic N) is 3. The predicted molar refractivity (Wildman–Crippen MR) is 127 cm³/mol. The lowest BCUT2D eigenvalue weighted by Crippen LogP contribution is -2.48. The summed E-state index contributed by atoms with van der Waals surface area (Å²) in [4.78, 5) is 42.7. The number of sulfone groups is 1. The first kappa shape index (κ1) is 26.6. The Hall–Kier alpha value is -3.66. The Kier molecular flexibility index (Phi) is 5.75. The number of likely N-dealkylation sites (N-methyl/N-ethyl adjacent to an activating group) is 1. The van der Waals surface area contributed by atoms with Crippen molar-refractivity contribution in [3.05, 3.63) is 64.2 Å². The van der Waals surface area contributed by atoms with Crippen molar-refractivity contribution >= 4 is 33.8 Å². The molecule has 11 nitrogen and oxygen atoms in total. The van der Waals surface area contributed by atoms with Crippen LogP contribution in [0.2, 0.25) is 0 Å². The third-order valence-corrected chi connectivity index (χ3v) is 9.14. The number of carbonyl (C=O) groups is 3. The summed E-state index contributed by atoms with van der Waals surface area (Å²) in [6.07, 6.45) is -3.67. The Labute approximate surface area is 224 Å². The molecule has 40 heavy (non-hydrogen) atoms. The number of epoxide rings is 1. The first-order chi connectivity index (χ1) is 18.8. The third-order valence-electron chi connectivity index (χ3n) is 7.22. The lowest BCUT2D eigenvalue weighted by molar-refractivity contribution is -0.165. The minimum atomic E-state index is -4.93. The summed E-state index contributed by atoms with van der Waals surface area (Å²) in [7, 11) is -2.96. The number of hydroxylamine groups is 2. The summed E-state index contributed by atoms with van der Waals surface area (Å²) in [5.74, 6) is -4.66. The zero-order valence-corrected chi connectivity index (χ0v) is 21.5. The number of ether oxygens (including phenoxy) is 2. The van der Waals surface area contributed by atoms with E-state index in [0.717, 1.165) is 11.1 Å². The van der Waals surface area contributed by atoms with E-state index in [2.05, 4.69) is 5.10 Å². The molecule has 210 valence electrons. The molecule has 2 unspecified atom stereocenters. The van der Waals surface area contributed by atoms with Crippen LogP contribution in [0.5, 0.6) is 0 Å². The fourth-order valence-corrected chi connectivity index (χ4v) is 7.23. The molecule has 2 atom stereocenters. The van der Waals surface area contributed by atoms with Gasteiger partial charge >= 0.3 is 12.1 Å². The van der Waals surface area contributed by atoms with Gasteiger partial charge in [-0.25, -0.2) is 13.4 Å². The Morgan fingerprint density at radius 1 is 1.05 bits per heavy atom. The Morgan fingerprint density at radius 3 is 2.38 bits per heavy atom. The van der Waals surface area contributed by atoms with Gasteiger partial charge in [0.05, 0.1) is 46.8 Å². The second-order valence-corrected chi connectivity index (χ2v) is 11.6. The number of carbonyl (C=O) groups excluding carboxylic acids is 3. The van der Waals surface area contributed by atoms with Crippen LogP contribution in [0.25, 0.3) is 0 Å². The van der Waals surface area contributed by atoms with Crippen molar-refractivity contribution in [2.45, 2.75) is 35.3 Å². The van der Waals surface area contributed by atoms with Gasteiger partial charge in [0.1, 0.15) is 0 Å². The Morgan fingerprint density at radius 2 is 1.73 bits per heavy atom. The minimum Gasteiger partial charge on any atom is -0.337 e. The molecule has 3 amide bonds. The van der Waals surface area contributed by atoms with E-state index in [9.17, 15) is 36.0 Å². The number of hydrogen-bond acceptors (Lipinski definition) is 9. The van der Waals surface area contributed by atoms with Crippen molar-refractivity contribution in [1.29, 1.82) is 0 Å². The maximum absolute atomic E-state index is 13.8. The smallest absolute Gasteiger partial charge is 0.337 e. The van der Waals surface area contributed by atoms with E-state index in [0.29, 0.717) is 11.1 Å². The molecule has 0 aromatic heterocycles. The van der Waals surface area contributed by atoms with Crippen LogP contribution in [0.1, 0.15) is 43.8 Å². The molecule has 0 radical (unpaired) electrons. The molecule has 0 bridgehead atoms. The van der Waals surface area contributed by atoms with Gasteiger partial charge in [0.15, 0.2) is 15.4 Å². The van der Waals surface area contributed by atoms with Crippen molar-refractivity contribution in [1.82, 2.24) is 10.1 Å². The average molecular weight is 580 g/mol. The van der Waals surface area contributed by atoms with Crippen molar-refractivity contribution < 1.29 is 50.3 Å². The monoisotopic (exact) mass is 579 g/mol. The number of benzene rings is 2. The number of hydrogen-bond donors (Lipinski definition) is 0. The van der Waals surface area contributed by atoms with Crippen LogP contribution in [0.3, 0.4) is 0 Å². The van der Waals surface area contributed by atoms with Gasteiger partial charge in [-0.05, 0) is 36.6 Å². The molecule has 2 aromatic carbocycles. The highest BCUT2D eigenvalue weighted by Crippen LogP contribution is 2.60. The molecule has 6 rings (SSSR count). The van der Waals surface area contributed by atoms with Gasteiger partial charge in [0, 0.05) is 12.6 Å². The van der Waals surface area contributed by atoms with Crippen molar-refractivity contribution in [3.8, 4) is 0 Å². The zero-order valence-electron chi connectivity index (χ0n) is 20.7. The van der Waals surface area contributed by atoms with Crippen LogP contribution in [0.15, 0.2) is 46.4 Å². The summed E-state index contributed by atoms with van der Waals surface area (Å²) in [6.45, 7) is -0.760. The molecular weight excluding hydrogens is 559 g/mol. The molecule has 0 saturated carbocycles. The molecule has 4 aliphatic heterocycles. The van der Waals surface area contributed by atoms with Crippen LogP contribution >= 0.6 is 0 Å². The van der Waals surface area contributed by atoms with E-state index in [1.807, 2.05) is 0 Å². The fourth-order valence-electron chi connectivity index (χ4n) is 5.39. The SMILES string of the molecule is CN1N=CC2(c3ccc(C(F)(F)F)c4c3CCCS4(=O)=O)OC2(OCCON2C(=O)c3ccccc3C2=O)C1=O.